The van der Waals surface area contributed by atoms with Crippen LogP contribution in [0.15, 0.2) is 24.3 Å². The molecule has 32 heavy (non-hydrogen) atoms. The number of rotatable bonds is 4. The van der Waals surface area contributed by atoms with E-state index in [9.17, 15) is 19.2 Å². The number of carbonyl (C=O) groups is 4. The molecule has 0 spiro atoms. The van der Waals surface area contributed by atoms with Crippen molar-refractivity contribution >= 4 is 45.7 Å². The van der Waals surface area contributed by atoms with Crippen molar-refractivity contribution in [3.05, 3.63) is 45.8 Å². The fourth-order valence-corrected chi connectivity index (χ4v) is 5.98. The first kappa shape index (κ1) is 22.2. The molecule has 0 bridgehead atoms. The van der Waals surface area contributed by atoms with E-state index in [1.54, 1.807) is 18.2 Å². The zero-order valence-corrected chi connectivity index (χ0v) is 19.3. The van der Waals surface area contributed by atoms with Crippen LogP contribution in [-0.2, 0) is 21.5 Å². The number of imide groups is 1. The van der Waals surface area contributed by atoms with Gasteiger partial charge < -0.3 is 16.4 Å². The lowest BCUT2D eigenvalue weighted by molar-refractivity contribution is -0.121. The second-order valence-corrected chi connectivity index (χ2v) is 10.4. The Kier molecular flexibility index (Phi) is 5.21. The summed E-state index contributed by atoms with van der Waals surface area (Å²) in [6.07, 6.45) is 0.932. The molecule has 3 heterocycles. The van der Waals surface area contributed by atoms with Crippen LogP contribution in [0.25, 0.3) is 0 Å². The average molecular weight is 455 g/mol. The zero-order chi connectivity index (χ0) is 23.4. The van der Waals surface area contributed by atoms with Crippen LogP contribution in [0.4, 0.5) is 10.7 Å². The molecular formula is C23H26N4O4S. The van der Waals surface area contributed by atoms with Gasteiger partial charge in [-0.25, -0.2) is 0 Å². The number of nitrogens with one attached hydrogen (secondary N) is 2. The van der Waals surface area contributed by atoms with Gasteiger partial charge in [-0.2, -0.15) is 0 Å². The van der Waals surface area contributed by atoms with E-state index < -0.39 is 17.4 Å². The molecule has 1 aromatic heterocycles. The summed E-state index contributed by atoms with van der Waals surface area (Å²) in [6.45, 7) is 8.19. The van der Waals surface area contributed by atoms with Crippen molar-refractivity contribution in [3.63, 3.8) is 0 Å². The number of anilines is 2. The number of primary amides is 1. The molecule has 9 heteroatoms. The Labute approximate surface area is 190 Å². The van der Waals surface area contributed by atoms with Crippen LogP contribution < -0.4 is 21.3 Å². The minimum absolute atomic E-state index is 0.165. The average Bonchev–Trinajstić information content (AvgIpc) is 3.20. The molecule has 0 unspecified atom stereocenters. The number of benzene rings is 1. The summed E-state index contributed by atoms with van der Waals surface area (Å²) in [5, 5.41) is 6.81. The van der Waals surface area contributed by atoms with E-state index in [0.717, 1.165) is 15.3 Å². The first-order valence-corrected chi connectivity index (χ1v) is 11.2. The van der Waals surface area contributed by atoms with E-state index in [1.165, 1.54) is 17.4 Å². The fraction of sp³-hybridized carbons (Fsp3) is 0.391. The molecule has 4 rings (SSSR count). The van der Waals surface area contributed by atoms with Crippen LogP contribution in [0.3, 0.4) is 0 Å². The van der Waals surface area contributed by atoms with Gasteiger partial charge in [-0.3, -0.25) is 24.1 Å². The van der Waals surface area contributed by atoms with Gasteiger partial charge in [-0.05, 0) is 57.9 Å². The number of nitrogens with zero attached hydrogens (tertiary/aromatic N) is 1. The lowest BCUT2D eigenvalue weighted by atomic mass is 9.81. The van der Waals surface area contributed by atoms with Crippen LogP contribution in [0.5, 0.6) is 0 Å². The highest BCUT2D eigenvalue weighted by atomic mass is 32.1. The summed E-state index contributed by atoms with van der Waals surface area (Å²) in [7, 11) is 0. The van der Waals surface area contributed by atoms with Crippen molar-refractivity contribution in [2.24, 2.45) is 5.73 Å². The standard InChI is InChI=1S/C23H26N4O4S/c1-22(2)11-14-17(19(24)30)21(32-18(14)23(3,4)26-22)25-20(31)12-6-5-7-13(10-12)27-15(28)8-9-16(27)29/h5-7,10,26H,8-9,11H2,1-4H3,(H2,24,30)(H,25,31). The Morgan fingerprint density at radius 3 is 2.41 bits per heavy atom. The van der Waals surface area contributed by atoms with Crippen molar-refractivity contribution in [1.82, 2.24) is 5.32 Å². The number of hydrogen-bond donors (Lipinski definition) is 3. The van der Waals surface area contributed by atoms with Crippen molar-refractivity contribution in [1.29, 1.82) is 0 Å². The molecule has 1 aromatic carbocycles. The van der Waals surface area contributed by atoms with Gasteiger partial charge >= 0.3 is 0 Å². The van der Waals surface area contributed by atoms with Gasteiger partial charge in [0.05, 0.1) is 11.3 Å². The van der Waals surface area contributed by atoms with Gasteiger partial charge in [-0.15, -0.1) is 11.3 Å². The smallest absolute Gasteiger partial charge is 0.256 e. The van der Waals surface area contributed by atoms with Gasteiger partial charge in [-0.1, -0.05) is 6.07 Å². The third kappa shape index (κ3) is 3.82. The molecule has 168 valence electrons. The summed E-state index contributed by atoms with van der Waals surface area (Å²) in [4.78, 5) is 51.6. The molecule has 8 nitrogen and oxygen atoms in total. The Morgan fingerprint density at radius 2 is 1.78 bits per heavy atom. The Balaban J connectivity index is 1.69. The molecule has 0 saturated carbocycles. The number of thiophene rings is 1. The van der Waals surface area contributed by atoms with Crippen molar-refractivity contribution < 1.29 is 19.2 Å². The summed E-state index contributed by atoms with van der Waals surface area (Å²) in [5.41, 5.74) is 6.91. The van der Waals surface area contributed by atoms with Gasteiger partial charge in [0.15, 0.2) is 0 Å². The van der Waals surface area contributed by atoms with Crippen molar-refractivity contribution in [3.8, 4) is 0 Å². The molecule has 2 aliphatic heterocycles. The first-order chi connectivity index (χ1) is 14.9. The van der Waals surface area contributed by atoms with E-state index in [0.29, 0.717) is 22.7 Å². The molecule has 0 aliphatic carbocycles. The number of nitrogens with two attached hydrogens (primary N) is 1. The van der Waals surface area contributed by atoms with Crippen LogP contribution in [0.1, 0.15) is 71.7 Å². The maximum absolute atomic E-state index is 13.1. The van der Waals surface area contributed by atoms with Gasteiger partial charge in [0.25, 0.3) is 11.8 Å². The predicted octanol–water partition coefficient (Wildman–Crippen LogP) is 2.91. The number of carbonyl (C=O) groups excluding carboxylic acids is 4. The van der Waals surface area contributed by atoms with Crippen LogP contribution >= 0.6 is 11.3 Å². The Hall–Kier alpha value is -3.04. The quantitative estimate of drug-likeness (QED) is 0.613. The molecular weight excluding hydrogens is 428 g/mol. The molecule has 2 aromatic rings. The lowest BCUT2D eigenvalue weighted by Gasteiger charge is -2.42. The normalized spacial score (nSPS) is 19.1. The van der Waals surface area contributed by atoms with E-state index in [4.69, 9.17) is 5.73 Å². The maximum atomic E-state index is 13.1. The minimum atomic E-state index is -0.590. The largest absolute Gasteiger partial charge is 0.365 e. The van der Waals surface area contributed by atoms with Gasteiger partial charge in [0.2, 0.25) is 11.8 Å². The summed E-state index contributed by atoms with van der Waals surface area (Å²) in [6, 6.07) is 6.33. The number of fused-ring (bicyclic) bond motifs is 1. The first-order valence-electron chi connectivity index (χ1n) is 10.4. The summed E-state index contributed by atoms with van der Waals surface area (Å²) in [5.74, 6) is -1.61. The Bertz CT molecular complexity index is 1150. The van der Waals surface area contributed by atoms with Crippen molar-refractivity contribution in [2.75, 3.05) is 10.2 Å². The predicted molar refractivity (Wildman–Crippen MR) is 123 cm³/mol. The molecule has 4 N–H and O–H groups in total. The molecule has 4 amide bonds. The number of amides is 4. The summed E-state index contributed by atoms with van der Waals surface area (Å²) >= 11 is 1.34. The second-order valence-electron chi connectivity index (χ2n) is 9.42. The van der Waals surface area contributed by atoms with Crippen LogP contribution in [0.2, 0.25) is 0 Å². The van der Waals surface area contributed by atoms with Crippen LogP contribution in [0, 0.1) is 0 Å². The monoisotopic (exact) mass is 454 g/mol. The second kappa shape index (κ2) is 7.53. The highest BCUT2D eigenvalue weighted by Gasteiger charge is 2.41. The summed E-state index contributed by atoms with van der Waals surface area (Å²) < 4.78 is 0. The molecule has 1 fully saturated rings. The van der Waals surface area contributed by atoms with Gasteiger partial charge in [0, 0.05) is 34.4 Å². The SMILES string of the molecule is CC1(C)Cc2c(sc(NC(=O)c3cccc(N4C(=O)CCC4=O)c3)c2C(N)=O)C(C)(C)N1. The van der Waals surface area contributed by atoms with E-state index >= 15 is 0 Å². The number of hydrogen-bond acceptors (Lipinski definition) is 6. The van der Waals surface area contributed by atoms with Gasteiger partial charge in [0.1, 0.15) is 5.00 Å². The molecule has 2 aliphatic rings. The highest BCUT2D eigenvalue weighted by Crippen LogP contribution is 2.45. The van der Waals surface area contributed by atoms with Crippen LogP contribution in [-0.4, -0.2) is 29.2 Å². The lowest BCUT2D eigenvalue weighted by Crippen LogP contribution is -2.55. The molecule has 1 saturated heterocycles. The molecule has 0 atom stereocenters. The zero-order valence-electron chi connectivity index (χ0n) is 18.5. The van der Waals surface area contributed by atoms with E-state index in [-0.39, 0.29) is 35.8 Å². The highest BCUT2D eigenvalue weighted by molar-refractivity contribution is 7.17. The minimum Gasteiger partial charge on any atom is -0.365 e. The molecule has 0 radical (unpaired) electrons. The van der Waals surface area contributed by atoms with E-state index in [2.05, 4.69) is 24.5 Å². The third-order valence-corrected chi connectivity index (χ3v) is 7.21. The fourth-order valence-electron chi connectivity index (χ4n) is 4.70. The maximum Gasteiger partial charge on any atom is 0.256 e. The topological polar surface area (TPSA) is 122 Å². The van der Waals surface area contributed by atoms with E-state index in [1.807, 2.05) is 13.8 Å². The Morgan fingerprint density at radius 1 is 1.12 bits per heavy atom. The van der Waals surface area contributed by atoms with Crippen molar-refractivity contribution in [2.45, 2.75) is 58.0 Å². The third-order valence-electron chi connectivity index (χ3n) is 5.74.